The van der Waals surface area contributed by atoms with Crippen LogP contribution in [0.3, 0.4) is 0 Å². The van der Waals surface area contributed by atoms with E-state index in [1.54, 1.807) is 0 Å². The minimum absolute atomic E-state index is 0.422. The maximum absolute atomic E-state index is 4.84. The molecule has 1 saturated heterocycles. The van der Waals surface area contributed by atoms with Crippen molar-refractivity contribution in [1.82, 2.24) is 24.6 Å². The van der Waals surface area contributed by atoms with Crippen LogP contribution in [0, 0.1) is 6.92 Å². The third-order valence-electron chi connectivity index (χ3n) is 5.04. The van der Waals surface area contributed by atoms with Crippen molar-refractivity contribution in [1.29, 1.82) is 0 Å². The molecule has 0 bridgehead atoms. The second-order valence-electron chi connectivity index (χ2n) is 6.52. The minimum atomic E-state index is 0.422. The summed E-state index contributed by atoms with van der Waals surface area (Å²) in [6, 6.07) is 8.78. The number of imidazole rings is 1. The van der Waals surface area contributed by atoms with E-state index < -0.39 is 0 Å². The molecular weight excluding hydrogens is 286 g/mol. The van der Waals surface area contributed by atoms with E-state index in [9.17, 15) is 0 Å². The molecule has 1 fully saturated rings. The average Bonchev–Trinajstić information content (AvgIpc) is 3.13. The molecule has 5 nitrogen and oxygen atoms in total. The molecule has 1 N–H and O–H groups in total. The number of fused-ring (bicyclic) bond motifs is 1. The van der Waals surface area contributed by atoms with Crippen molar-refractivity contribution in [2.45, 2.75) is 38.8 Å². The van der Waals surface area contributed by atoms with Crippen LogP contribution in [0.15, 0.2) is 30.5 Å². The molecule has 23 heavy (non-hydrogen) atoms. The van der Waals surface area contributed by atoms with E-state index in [2.05, 4.69) is 57.9 Å². The first kappa shape index (κ1) is 14.5. The van der Waals surface area contributed by atoms with E-state index in [0.717, 1.165) is 24.4 Å². The lowest BCUT2D eigenvalue weighted by molar-refractivity contribution is 0.132. The number of rotatable bonds is 3. The second kappa shape index (κ2) is 5.81. The fourth-order valence-corrected chi connectivity index (χ4v) is 3.72. The van der Waals surface area contributed by atoms with Crippen LogP contribution in [0.2, 0.25) is 0 Å². The van der Waals surface area contributed by atoms with Gasteiger partial charge in [-0.15, -0.1) is 0 Å². The van der Waals surface area contributed by atoms with Crippen LogP contribution in [0.1, 0.15) is 42.4 Å². The molecule has 0 aliphatic carbocycles. The monoisotopic (exact) mass is 309 g/mol. The van der Waals surface area contributed by atoms with E-state index >= 15 is 0 Å². The van der Waals surface area contributed by atoms with Crippen molar-refractivity contribution < 1.29 is 0 Å². The zero-order valence-corrected chi connectivity index (χ0v) is 13.8. The van der Waals surface area contributed by atoms with Crippen LogP contribution in [0.5, 0.6) is 0 Å². The van der Waals surface area contributed by atoms with Crippen molar-refractivity contribution in [3.05, 3.63) is 47.5 Å². The predicted molar refractivity (Wildman–Crippen MR) is 91.0 cm³/mol. The number of aromatic amines is 1. The summed E-state index contributed by atoms with van der Waals surface area (Å²) in [7, 11) is 2.12. The van der Waals surface area contributed by atoms with Crippen LogP contribution in [-0.4, -0.2) is 31.2 Å². The van der Waals surface area contributed by atoms with Gasteiger partial charge in [-0.2, -0.15) is 5.10 Å². The number of nitrogens with one attached hydrogen (secondary N) is 1. The summed E-state index contributed by atoms with van der Waals surface area (Å²) >= 11 is 0. The molecule has 120 valence electrons. The first-order valence-corrected chi connectivity index (χ1v) is 8.38. The zero-order valence-electron chi connectivity index (χ0n) is 13.8. The summed E-state index contributed by atoms with van der Waals surface area (Å²) in [5.74, 6) is 1.13. The third-order valence-corrected chi connectivity index (χ3v) is 5.04. The van der Waals surface area contributed by atoms with Gasteiger partial charge in [0.15, 0.2) is 0 Å². The molecule has 5 heteroatoms. The lowest BCUT2D eigenvalue weighted by Crippen LogP contribution is -2.34. The molecule has 0 saturated carbocycles. The van der Waals surface area contributed by atoms with Crippen molar-refractivity contribution in [2.24, 2.45) is 7.05 Å². The van der Waals surface area contributed by atoms with E-state index in [4.69, 9.17) is 4.98 Å². The molecule has 1 aliphatic heterocycles. The van der Waals surface area contributed by atoms with Crippen LogP contribution < -0.4 is 0 Å². The van der Waals surface area contributed by atoms with Crippen LogP contribution >= 0.6 is 0 Å². The summed E-state index contributed by atoms with van der Waals surface area (Å²) in [6.45, 7) is 4.14. The fourth-order valence-electron chi connectivity index (χ4n) is 3.72. The molecule has 2 aromatic heterocycles. The Bertz CT molecular complexity index is 816. The highest BCUT2D eigenvalue weighted by Gasteiger charge is 2.27. The largest absolute Gasteiger partial charge is 0.330 e. The van der Waals surface area contributed by atoms with Gasteiger partial charge < -0.3 is 4.57 Å². The van der Waals surface area contributed by atoms with Gasteiger partial charge in [0.05, 0.1) is 35.5 Å². The number of aryl methyl sites for hydroxylation is 2. The third kappa shape index (κ3) is 2.55. The first-order valence-electron chi connectivity index (χ1n) is 8.38. The van der Waals surface area contributed by atoms with E-state index in [0.29, 0.717) is 6.04 Å². The van der Waals surface area contributed by atoms with Gasteiger partial charge in [-0.05, 0) is 44.0 Å². The molecule has 3 aromatic rings. The van der Waals surface area contributed by atoms with Gasteiger partial charge in [-0.3, -0.25) is 10.00 Å². The summed E-state index contributed by atoms with van der Waals surface area (Å²) < 4.78 is 2.22. The van der Waals surface area contributed by atoms with Crippen molar-refractivity contribution in [2.75, 3.05) is 6.54 Å². The number of H-pyrrole nitrogens is 1. The van der Waals surface area contributed by atoms with E-state index in [-0.39, 0.29) is 0 Å². The van der Waals surface area contributed by atoms with Crippen molar-refractivity contribution in [3.63, 3.8) is 0 Å². The van der Waals surface area contributed by atoms with Crippen molar-refractivity contribution in [3.8, 4) is 0 Å². The molecule has 0 amide bonds. The Kier molecular flexibility index (Phi) is 3.65. The average molecular weight is 309 g/mol. The fraction of sp³-hybridized carbons (Fsp3) is 0.444. The molecule has 3 heterocycles. The predicted octanol–water partition coefficient (Wildman–Crippen LogP) is 3.33. The maximum atomic E-state index is 4.84. The number of aromatic nitrogens is 4. The number of hydrogen-bond donors (Lipinski definition) is 1. The van der Waals surface area contributed by atoms with E-state index in [1.165, 1.54) is 36.0 Å². The Morgan fingerprint density at radius 1 is 1.26 bits per heavy atom. The summed E-state index contributed by atoms with van der Waals surface area (Å²) in [4.78, 5) is 7.39. The zero-order chi connectivity index (χ0) is 15.8. The smallest absolute Gasteiger partial charge is 0.123 e. The molecule has 0 radical (unpaired) electrons. The summed E-state index contributed by atoms with van der Waals surface area (Å²) in [5, 5.41) is 7.43. The first-order chi connectivity index (χ1) is 11.2. The number of para-hydroxylation sites is 2. The number of hydrogen-bond acceptors (Lipinski definition) is 3. The molecule has 0 spiro atoms. The van der Waals surface area contributed by atoms with Gasteiger partial charge in [0.25, 0.3) is 0 Å². The normalized spacial score (nSPS) is 19.5. The van der Waals surface area contributed by atoms with Crippen LogP contribution in [0.4, 0.5) is 0 Å². The SMILES string of the molecule is Cc1cn[nH]c1[C@H]1CCCCN1Cc1nc2ccccc2n1C. The lowest BCUT2D eigenvalue weighted by Gasteiger charge is -2.35. The Morgan fingerprint density at radius 3 is 2.91 bits per heavy atom. The minimum Gasteiger partial charge on any atom is -0.330 e. The highest BCUT2D eigenvalue weighted by molar-refractivity contribution is 5.75. The van der Waals surface area contributed by atoms with Gasteiger partial charge in [0.1, 0.15) is 5.82 Å². The number of benzene rings is 1. The molecular formula is C18H23N5. The van der Waals surface area contributed by atoms with Crippen molar-refractivity contribution >= 4 is 11.0 Å². The molecule has 1 aromatic carbocycles. The highest BCUT2D eigenvalue weighted by atomic mass is 15.2. The Morgan fingerprint density at radius 2 is 2.13 bits per heavy atom. The quantitative estimate of drug-likeness (QED) is 0.807. The Balaban J connectivity index is 1.65. The van der Waals surface area contributed by atoms with Crippen LogP contribution in [0.25, 0.3) is 11.0 Å². The summed E-state index contributed by atoms with van der Waals surface area (Å²) in [6.07, 6.45) is 5.65. The molecule has 1 aliphatic rings. The standard InChI is InChI=1S/C18H23N5/c1-13-11-19-21-18(13)16-9-5-6-10-23(16)12-17-20-14-7-3-4-8-15(14)22(17)2/h3-4,7-8,11,16H,5-6,9-10,12H2,1-2H3,(H,19,21)/t16-/m1/s1. The highest BCUT2D eigenvalue weighted by Crippen LogP contribution is 2.32. The topological polar surface area (TPSA) is 49.7 Å². The van der Waals surface area contributed by atoms with Crippen LogP contribution in [-0.2, 0) is 13.6 Å². The van der Waals surface area contributed by atoms with Gasteiger partial charge in [0, 0.05) is 7.05 Å². The maximum Gasteiger partial charge on any atom is 0.123 e. The molecule has 1 atom stereocenters. The second-order valence-corrected chi connectivity index (χ2v) is 6.52. The molecule has 0 unspecified atom stereocenters. The van der Waals surface area contributed by atoms with Gasteiger partial charge >= 0.3 is 0 Å². The summed E-state index contributed by atoms with van der Waals surface area (Å²) in [5.41, 5.74) is 4.81. The Labute approximate surface area is 136 Å². The van der Waals surface area contributed by atoms with Gasteiger partial charge in [-0.25, -0.2) is 4.98 Å². The molecule has 4 rings (SSSR count). The Hall–Kier alpha value is -2.14. The van der Waals surface area contributed by atoms with Gasteiger partial charge in [0.2, 0.25) is 0 Å². The van der Waals surface area contributed by atoms with E-state index in [1.807, 2.05) is 6.20 Å². The van der Waals surface area contributed by atoms with Gasteiger partial charge in [-0.1, -0.05) is 18.6 Å². The number of likely N-dealkylation sites (tertiary alicyclic amines) is 1. The lowest BCUT2D eigenvalue weighted by atomic mass is 9.97. The number of nitrogens with zero attached hydrogens (tertiary/aromatic N) is 4. The number of piperidine rings is 1.